The van der Waals surface area contributed by atoms with Gasteiger partial charge < -0.3 is 10.1 Å². The van der Waals surface area contributed by atoms with Gasteiger partial charge in [-0.2, -0.15) is 4.31 Å². The number of nitrogens with one attached hydrogen (secondary N) is 1. The summed E-state index contributed by atoms with van der Waals surface area (Å²) in [4.78, 5) is 13.0. The van der Waals surface area contributed by atoms with E-state index in [0.717, 1.165) is 16.9 Å². The van der Waals surface area contributed by atoms with Crippen LogP contribution in [-0.4, -0.2) is 51.0 Å². The quantitative estimate of drug-likeness (QED) is 0.797. The van der Waals surface area contributed by atoms with E-state index in [1.54, 1.807) is 18.2 Å². The molecule has 3 rings (SSSR count). The fourth-order valence-corrected chi connectivity index (χ4v) is 5.60. The van der Waals surface area contributed by atoms with Crippen molar-refractivity contribution in [1.29, 1.82) is 0 Å². The Morgan fingerprint density at radius 3 is 2.48 bits per heavy atom. The van der Waals surface area contributed by atoms with Crippen molar-refractivity contribution in [3.63, 3.8) is 0 Å². The lowest BCUT2D eigenvalue weighted by Crippen LogP contribution is -2.40. The molecule has 0 spiro atoms. The lowest BCUT2D eigenvalue weighted by molar-refractivity contribution is 0.0731. The third-order valence-electron chi connectivity index (χ3n) is 4.57. The van der Waals surface area contributed by atoms with E-state index in [4.69, 9.17) is 4.74 Å². The molecule has 146 valence electrons. The minimum Gasteiger partial charge on any atom is -0.379 e. The van der Waals surface area contributed by atoms with Gasteiger partial charge in [-0.25, -0.2) is 8.42 Å². The average Bonchev–Trinajstić information content (AvgIpc) is 3.19. The maximum absolute atomic E-state index is 12.7. The number of nitrogens with zero attached hydrogens (tertiary/aromatic N) is 1. The Hall–Kier alpha value is -1.74. The van der Waals surface area contributed by atoms with Crippen LogP contribution in [0.1, 0.15) is 30.6 Å². The van der Waals surface area contributed by atoms with E-state index in [2.05, 4.69) is 5.32 Å². The second-order valence-corrected chi connectivity index (χ2v) is 9.74. The van der Waals surface area contributed by atoms with Crippen molar-refractivity contribution in [2.24, 2.45) is 0 Å². The lowest BCUT2D eigenvalue weighted by Gasteiger charge is -2.25. The van der Waals surface area contributed by atoms with Crippen molar-refractivity contribution < 1.29 is 17.9 Å². The second kappa shape index (κ2) is 8.52. The van der Waals surface area contributed by atoms with Gasteiger partial charge in [-0.1, -0.05) is 19.1 Å². The number of amides is 1. The molecule has 0 radical (unpaired) electrons. The highest BCUT2D eigenvalue weighted by Crippen LogP contribution is 2.32. The van der Waals surface area contributed by atoms with Gasteiger partial charge in [-0.3, -0.25) is 4.79 Å². The van der Waals surface area contributed by atoms with Crippen molar-refractivity contribution in [2.45, 2.75) is 30.5 Å². The van der Waals surface area contributed by atoms with Crippen molar-refractivity contribution >= 4 is 27.3 Å². The number of carbonyl (C=O) groups excluding carboxylic acids is 1. The zero-order valence-electron chi connectivity index (χ0n) is 15.5. The monoisotopic (exact) mass is 408 g/mol. The minimum atomic E-state index is -3.48. The Labute approximate surface area is 164 Å². The van der Waals surface area contributed by atoms with Crippen LogP contribution in [0.3, 0.4) is 0 Å². The van der Waals surface area contributed by atoms with Crippen molar-refractivity contribution in [3.05, 3.63) is 42.0 Å². The van der Waals surface area contributed by atoms with Gasteiger partial charge in [0.15, 0.2) is 0 Å². The van der Waals surface area contributed by atoms with E-state index in [-0.39, 0.29) is 11.9 Å². The van der Waals surface area contributed by atoms with Gasteiger partial charge in [0.05, 0.1) is 13.2 Å². The van der Waals surface area contributed by atoms with Crippen molar-refractivity contribution in [1.82, 2.24) is 9.62 Å². The van der Waals surface area contributed by atoms with Crippen LogP contribution in [0.4, 0.5) is 0 Å². The summed E-state index contributed by atoms with van der Waals surface area (Å²) >= 11 is 1.24. The number of sulfonamides is 1. The molecule has 0 bridgehead atoms. The molecule has 1 aliphatic rings. The molecule has 1 saturated heterocycles. The first-order chi connectivity index (χ1) is 12.9. The van der Waals surface area contributed by atoms with Crippen LogP contribution < -0.4 is 5.32 Å². The molecule has 0 saturated carbocycles. The highest BCUT2D eigenvalue weighted by Gasteiger charge is 2.27. The smallest absolute Gasteiger partial charge is 0.252 e. The van der Waals surface area contributed by atoms with Crippen molar-refractivity contribution in [2.75, 3.05) is 26.3 Å². The molecule has 0 aliphatic carbocycles. The first kappa shape index (κ1) is 20.0. The van der Waals surface area contributed by atoms with Gasteiger partial charge in [0.2, 0.25) is 0 Å². The molecule has 0 unspecified atom stereocenters. The number of ether oxygens (including phenoxy) is 1. The Morgan fingerprint density at radius 2 is 1.85 bits per heavy atom. The predicted octanol–water partition coefficient (Wildman–Crippen LogP) is 2.96. The number of hydrogen-bond donors (Lipinski definition) is 1. The number of thiophene rings is 1. The molecule has 1 aromatic heterocycles. The SMILES string of the molecule is CC[C@H](C)NC(=O)c1ccc(-c2ccc(S(=O)(=O)N3CCOCC3)s2)cc1. The summed E-state index contributed by atoms with van der Waals surface area (Å²) < 4.78 is 32.5. The van der Waals surface area contributed by atoms with Crippen LogP contribution in [0.15, 0.2) is 40.6 Å². The molecule has 1 aromatic carbocycles. The van der Waals surface area contributed by atoms with E-state index in [0.29, 0.717) is 36.1 Å². The Kier molecular flexibility index (Phi) is 6.31. The zero-order chi connectivity index (χ0) is 19.4. The van der Waals surface area contributed by atoms with E-state index < -0.39 is 10.0 Å². The number of rotatable bonds is 6. The molecule has 8 heteroatoms. The third kappa shape index (κ3) is 4.57. The van der Waals surface area contributed by atoms with E-state index >= 15 is 0 Å². The first-order valence-corrected chi connectivity index (χ1v) is 11.3. The summed E-state index contributed by atoms with van der Waals surface area (Å²) in [5.41, 5.74) is 1.49. The fraction of sp³-hybridized carbons (Fsp3) is 0.421. The molecule has 2 aromatic rings. The Bertz CT molecular complexity index is 885. The maximum atomic E-state index is 12.7. The van der Waals surface area contributed by atoms with Crippen LogP contribution in [-0.2, 0) is 14.8 Å². The Balaban J connectivity index is 1.75. The van der Waals surface area contributed by atoms with Crippen LogP contribution >= 0.6 is 11.3 Å². The molecule has 1 fully saturated rings. The topological polar surface area (TPSA) is 75.7 Å². The molecule has 1 amide bonds. The minimum absolute atomic E-state index is 0.0994. The summed E-state index contributed by atoms with van der Waals surface area (Å²) in [6.07, 6.45) is 0.874. The van der Waals surface area contributed by atoms with Gasteiger partial charge in [0.25, 0.3) is 15.9 Å². The third-order valence-corrected chi connectivity index (χ3v) is 8.07. The summed E-state index contributed by atoms with van der Waals surface area (Å²) in [5.74, 6) is -0.0994. The fourth-order valence-electron chi connectivity index (χ4n) is 2.72. The van der Waals surface area contributed by atoms with Crippen LogP contribution in [0.2, 0.25) is 0 Å². The molecule has 1 atom stereocenters. The highest BCUT2D eigenvalue weighted by atomic mass is 32.2. The summed E-state index contributed by atoms with van der Waals surface area (Å²) in [6, 6.07) is 10.8. The van der Waals surface area contributed by atoms with Gasteiger partial charge in [0.1, 0.15) is 4.21 Å². The molecule has 27 heavy (non-hydrogen) atoms. The van der Waals surface area contributed by atoms with Gasteiger partial charge in [-0.05, 0) is 43.2 Å². The maximum Gasteiger partial charge on any atom is 0.252 e. The van der Waals surface area contributed by atoms with E-state index in [9.17, 15) is 13.2 Å². The molecule has 6 nitrogen and oxygen atoms in total. The van der Waals surface area contributed by atoms with Gasteiger partial charge >= 0.3 is 0 Å². The summed E-state index contributed by atoms with van der Waals surface area (Å²) in [7, 11) is -3.48. The second-order valence-electron chi connectivity index (χ2n) is 6.50. The van der Waals surface area contributed by atoms with Crippen molar-refractivity contribution in [3.8, 4) is 10.4 Å². The van der Waals surface area contributed by atoms with Gasteiger partial charge in [-0.15, -0.1) is 11.3 Å². The number of carbonyl (C=O) groups is 1. The van der Waals surface area contributed by atoms with Crippen LogP contribution in [0, 0.1) is 0 Å². The molecule has 1 aliphatic heterocycles. The predicted molar refractivity (Wildman–Crippen MR) is 107 cm³/mol. The zero-order valence-corrected chi connectivity index (χ0v) is 17.1. The van der Waals surface area contributed by atoms with Gasteiger partial charge in [0, 0.05) is 29.6 Å². The largest absolute Gasteiger partial charge is 0.379 e. The molecule has 1 N–H and O–H groups in total. The van der Waals surface area contributed by atoms with Crippen LogP contribution in [0.5, 0.6) is 0 Å². The summed E-state index contributed by atoms with van der Waals surface area (Å²) in [5, 5.41) is 2.93. The average molecular weight is 409 g/mol. The Morgan fingerprint density at radius 1 is 1.19 bits per heavy atom. The first-order valence-electron chi connectivity index (χ1n) is 9.01. The molecular formula is C19H24N2O4S2. The standard InChI is InChI=1S/C19H24N2O4S2/c1-3-14(2)20-19(22)16-6-4-15(5-7-16)17-8-9-18(26-17)27(23,24)21-10-12-25-13-11-21/h4-9,14H,3,10-13H2,1-2H3,(H,20,22)/t14-/m0/s1. The van der Waals surface area contributed by atoms with Crippen LogP contribution in [0.25, 0.3) is 10.4 Å². The highest BCUT2D eigenvalue weighted by molar-refractivity contribution is 7.91. The normalized spacial score (nSPS) is 16.8. The number of benzene rings is 1. The number of morpholine rings is 1. The molecular weight excluding hydrogens is 384 g/mol. The van der Waals surface area contributed by atoms with E-state index in [1.165, 1.54) is 15.6 Å². The van der Waals surface area contributed by atoms with E-state index in [1.807, 2.05) is 32.0 Å². The number of hydrogen-bond acceptors (Lipinski definition) is 5. The lowest BCUT2D eigenvalue weighted by atomic mass is 10.1. The summed E-state index contributed by atoms with van der Waals surface area (Å²) in [6.45, 7) is 5.61. The molecule has 2 heterocycles.